The monoisotopic (exact) mass is 497 g/mol. The number of Topliss-reactive ketones (excluding diaryl/α,β-unsaturated/α-hetero) is 1. The van der Waals surface area contributed by atoms with E-state index in [4.69, 9.17) is 0 Å². The summed E-state index contributed by atoms with van der Waals surface area (Å²) < 4.78 is 26.6. The van der Waals surface area contributed by atoms with Crippen molar-refractivity contribution in [2.45, 2.75) is 37.1 Å². The molecule has 1 atom stereocenters. The van der Waals surface area contributed by atoms with E-state index in [1.807, 2.05) is 13.0 Å². The van der Waals surface area contributed by atoms with Gasteiger partial charge in [-0.3, -0.25) is 9.59 Å². The molecule has 1 fully saturated rings. The van der Waals surface area contributed by atoms with Gasteiger partial charge in [0.05, 0.1) is 4.90 Å². The lowest BCUT2D eigenvalue weighted by Gasteiger charge is -2.26. The summed E-state index contributed by atoms with van der Waals surface area (Å²) in [6.45, 7) is 2.27. The Morgan fingerprint density at radius 1 is 1.14 bits per heavy atom. The van der Waals surface area contributed by atoms with Gasteiger partial charge in [0.15, 0.2) is 5.78 Å². The van der Waals surface area contributed by atoms with E-state index in [-0.39, 0.29) is 28.2 Å². The normalized spacial score (nSPS) is 16.2. The average Bonchev–Trinajstić information content (AvgIpc) is 3.29. The Morgan fingerprint density at radius 2 is 1.89 bits per heavy atom. The SMILES string of the molecule is Cc1cc(=O)[nH]c2ccc(CC(=O)c3cc(S(=O)(=O)N(C)C)ccc3N3CCC[C@H]3C(=O)O)cc12. The Kier molecular flexibility index (Phi) is 6.52. The first-order chi connectivity index (χ1) is 16.5. The van der Waals surface area contributed by atoms with Gasteiger partial charge in [0.2, 0.25) is 15.6 Å². The fraction of sp³-hybridized carbons (Fsp3) is 0.320. The molecule has 10 heteroatoms. The van der Waals surface area contributed by atoms with Crippen LogP contribution in [0.15, 0.2) is 52.2 Å². The number of hydrogen-bond acceptors (Lipinski definition) is 6. The molecule has 2 heterocycles. The molecule has 2 aromatic carbocycles. The fourth-order valence-electron chi connectivity index (χ4n) is 4.53. The van der Waals surface area contributed by atoms with Gasteiger partial charge in [0.25, 0.3) is 0 Å². The van der Waals surface area contributed by atoms with Crippen LogP contribution in [0.1, 0.15) is 34.3 Å². The first-order valence-corrected chi connectivity index (χ1v) is 12.6. The predicted octanol–water partition coefficient (Wildman–Crippen LogP) is 2.57. The lowest BCUT2D eigenvalue weighted by atomic mass is 9.98. The van der Waals surface area contributed by atoms with E-state index in [9.17, 15) is 27.9 Å². The summed E-state index contributed by atoms with van der Waals surface area (Å²) in [6.07, 6.45) is 1.09. The van der Waals surface area contributed by atoms with E-state index < -0.39 is 22.0 Å². The fourth-order valence-corrected chi connectivity index (χ4v) is 5.46. The van der Waals surface area contributed by atoms with E-state index in [1.54, 1.807) is 17.0 Å². The molecule has 0 amide bonds. The second-order valence-corrected chi connectivity index (χ2v) is 11.1. The number of aromatic nitrogens is 1. The molecule has 9 nitrogen and oxygen atoms in total. The topological polar surface area (TPSA) is 128 Å². The Balaban J connectivity index is 1.78. The van der Waals surface area contributed by atoms with E-state index in [0.717, 1.165) is 15.3 Å². The summed E-state index contributed by atoms with van der Waals surface area (Å²) in [4.78, 5) is 41.5. The first-order valence-electron chi connectivity index (χ1n) is 11.2. The smallest absolute Gasteiger partial charge is 0.326 e. The summed E-state index contributed by atoms with van der Waals surface area (Å²) in [5, 5.41) is 10.5. The molecule has 184 valence electrons. The van der Waals surface area contributed by atoms with Crippen LogP contribution in [0, 0.1) is 6.92 Å². The quantitative estimate of drug-likeness (QED) is 0.480. The van der Waals surface area contributed by atoms with Crippen LogP contribution in [0.3, 0.4) is 0 Å². The number of aliphatic carboxylic acids is 1. The Morgan fingerprint density at radius 3 is 2.57 bits per heavy atom. The van der Waals surface area contributed by atoms with Crippen LogP contribution in [0.2, 0.25) is 0 Å². The molecule has 0 unspecified atom stereocenters. The number of fused-ring (bicyclic) bond motifs is 1. The highest BCUT2D eigenvalue weighted by Crippen LogP contribution is 2.32. The minimum absolute atomic E-state index is 0.0153. The number of carbonyl (C=O) groups is 2. The summed E-state index contributed by atoms with van der Waals surface area (Å²) in [7, 11) is -0.982. The number of ketones is 1. The number of hydrogen-bond donors (Lipinski definition) is 2. The number of aryl methyl sites for hydroxylation is 1. The van der Waals surface area contributed by atoms with Crippen molar-refractivity contribution in [2.24, 2.45) is 0 Å². The van der Waals surface area contributed by atoms with Crippen LogP contribution in [-0.2, 0) is 21.2 Å². The molecule has 0 spiro atoms. The highest BCUT2D eigenvalue weighted by Gasteiger charge is 2.33. The number of carboxylic acids is 1. The summed E-state index contributed by atoms with van der Waals surface area (Å²) in [5.41, 5.74) is 2.51. The number of H-pyrrole nitrogens is 1. The van der Waals surface area contributed by atoms with Gasteiger partial charge >= 0.3 is 5.97 Å². The molecule has 35 heavy (non-hydrogen) atoms. The van der Waals surface area contributed by atoms with Gasteiger partial charge in [-0.05, 0) is 61.2 Å². The van der Waals surface area contributed by atoms with Crippen molar-refractivity contribution < 1.29 is 23.1 Å². The van der Waals surface area contributed by atoms with E-state index >= 15 is 0 Å². The molecule has 2 N–H and O–H groups in total. The zero-order chi connectivity index (χ0) is 25.5. The lowest BCUT2D eigenvalue weighted by Crippen LogP contribution is -2.37. The number of sulfonamides is 1. The summed E-state index contributed by atoms with van der Waals surface area (Å²) in [5.74, 6) is -1.31. The van der Waals surface area contributed by atoms with Crippen LogP contribution < -0.4 is 10.5 Å². The van der Waals surface area contributed by atoms with Gasteiger partial charge in [0, 0.05) is 55.3 Å². The van der Waals surface area contributed by atoms with Gasteiger partial charge in [0.1, 0.15) is 6.04 Å². The minimum atomic E-state index is -3.80. The second kappa shape index (κ2) is 9.27. The number of anilines is 1. The van der Waals surface area contributed by atoms with Crippen molar-refractivity contribution >= 4 is 38.4 Å². The van der Waals surface area contributed by atoms with Crippen molar-refractivity contribution in [1.82, 2.24) is 9.29 Å². The van der Waals surface area contributed by atoms with Gasteiger partial charge < -0.3 is 15.0 Å². The average molecular weight is 498 g/mol. The van der Waals surface area contributed by atoms with E-state index in [0.29, 0.717) is 36.2 Å². The third kappa shape index (κ3) is 4.71. The van der Waals surface area contributed by atoms with Crippen LogP contribution >= 0.6 is 0 Å². The van der Waals surface area contributed by atoms with E-state index in [2.05, 4.69) is 4.98 Å². The number of benzene rings is 2. The molecular formula is C25H27N3O6S. The molecular weight excluding hydrogens is 470 g/mol. The molecule has 1 aromatic heterocycles. The Bertz CT molecular complexity index is 1490. The molecule has 4 rings (SSSR count). The maximum Gasteiger partial charge on any atom is 0.326 e. The van der Waals surface area contributed by atoms with Crippen molar-refractivity contribution in [2.75, 3.05) is 25.5 Å². The molecule has 0 aliphatic carbocycles. The predicted molar refractivity (Wildman–Crippen MR) is 133 cm³/mol. The first kappa shape index (κ1) is 24.6. The Hall–Kier alpha value is -3.50. The minimum Gasteiger partial charge on any atom is -0.480 e. The number of rotatable bonds is 7. The lowest BCUT2D eigenvalue weighted by molar-refractivity contribution is -0.138. The van der Waals surface area contributed by atoms with Crippen molar-refractivity contribution in [3.8, 4) is 0 Å². The highest BCUT2D eigenvalue weighted by molar-refractivity contribution is 7.89. The molecule has 3 aromatic rings. The third-order valence-electron chi connectivity index (χ3n) is 6.37. The van der Waals surface area contributed by atoms with Gasteiger partial charge in [-0.1, -0.05) is 6.07 Å². The second-order valence-electron chi connectivity index (χ2n) is 8.95. The van der Waals surface area contributed by atoms with Crippen LogP contribution in [-0.4, -0.2) is 61.2 Å². The summed E-state index contributed by atoms with van der Waals surface area (Å²) >= 11 is 0. The number of nitrogens with zero attached hydrogens (tertiary/aromatic N) is 2. The molecule has 1 aliphatic heterocycles. The number of nitrogens with one attached hydrogen (secondary N) is 1. The summed E-state index contributed by atoms with van der Waals surface area (Å²) in [6, 6.07) is 10.3. The zero-order valence-electron chi connectivity index (χ0n) is 19.7. The van der Waals surface area contributed by atoms with E-state index in [1.165, 1.54) is 38.4 Å². The van der Waals surface area contributed by atoms with Crippen molar-refractivity contribution in [3.63, 3.8) is 0 Å². The zero-order valence-corrected chi connectivity index (χ0v) is 20.6. The van der Waals surface area contributed by atoms with Gasteiger partial charge in [-0.25, -0.2) is 17.5 Å². The molecule has 0 saturated carbocycles. The third-order valence-corrected chi connectivity index (χ3v) is 8.18. The molecule has 0 radical (unpaired) electrons. The maximum absolute atomic E-state index is 13.6. The largest absolute Gasteiger partial charge is 0.480 e. The number of carboxylic acid groups (broad SMARTS) is 1. The van der Waals surface area contributed by atoms with Crippen LogP contribution in [0.5, 0.6) is 0 Å². The van der Waals surface area contributed by atoms with Crippen molar-refractivity contribution in [1.29, 1.82) is 0 Å². The Labute approximate surface area is 203 Å². The van der Waals surface area contributed by atoms with Gasteiger partial charge in [-0.2, -0.15) is 0 Å². The molecule has 0 bridgehead atoms. The molecule has 1 saturated heterocycles. The standard InChI is InChI=1S/C25H27N3O6S/c1-15-11-24(30)26-20-8-6-16(12-18(15)20)13-23(29)19-14-17(35(33,34)27(2)3)7-9-21(19)28-10-4-5-22(28)25(31)32/h6-9,11-12,14,22H,4-5,10,13H2,1-3H3,(H,26,30)(H,31,32)/t22-/m0/s1. The number of pyridine rings is 1. The number of aromatic amines is 1. The van der Waals surface area contributed by atoms with Gasteiger partial charge in [-0.15, -0.1) is 0 Å². The highest BCUT2D eigenvalue weighted by atomic mass is 32.2. The maximum atomic E-state index is 13.6. The van der Waals surface area contributed by atoms with Crippen LogP contribution in [0.25, 0.3) is 10.9 Å². The van der Waals surface area contributed by atoms with Crippen molar-refractivity contribution in [3.05, 3.63) is 69.5 Å². The number of carbonyl (C=O) groups excluding carboxylic acids is 1. The van der Waals surface area contributed by atoms with Crippen LogP contribution in [0.4, 0.5) is 5.69 Å². The molecule has 1 aliphatic rings.